The van der Waals surface area contributed by atoms with Crippen molar-refractivity contribution >= 4 is 17.5 Å². The molecular weight excluding hydrogens is 368 g/mol. The lowest BCUT2D eigenvalue weighted by Gasteiger charge is -2.08. The lowest BCUT2D eigenvalue weighted by atomic mass is 10.1. The number of H-pyrrole nitrogens is 1. The first kappa shape index (κ1) is 18.7. The molecule has 0 unspecified atom stereocenters. The van der Waals surface area contributed by atoms with E-state index in [4.69, 9.17) is 21.1 Å². The maximum Gasteiger partial charge on any atom is 0.272 e. The summed E-state index contributed by atoms with van der Waals surface area (Å²) in [5.41, 5.74) is 2.98. The fourth-order valence-electron chi connectivity index (χ4n) is 2.40. The number of aryl methyl sites for hydroxylation is 1. The molecule has 8 heteroatoms. The van der Waals surface area contributed by atoms with Crippen molar-refractivity contribution in [3.8, 4) is 11.5 Å². The Balaban J connectivity index is 1.56. The van der Waals surface area contributed by atoms with Crippen LogP contribution in [0.15, 0.2) is 42.7 Å². The smallest absolute Gasteiger partial charge is 0.272 e. The first-order valence-electron chi connectivity index (χ1n) is 8.25. The molecule has 0 aliphatic rings. The van der Waals surface area contributed by atoms with E-state index >= 15 is 0 Å². The predicted molar refractivity (Wildman–Crippen MR) is 101 cm³/mol. The summed E-state index contributed by atoms with van der Waals surface area (Å²) in [4.78, 5) is 16.3. The van der Waals surface area contributed by atoms with Gasteiger partial charge >= 0.3 is 0 Å². The number of amides is 1. The third-order valence-electron chi connectivity index (χ3n) is 3.96. The van der Waals surface area contributed by atoms with E-state index in [0.29, 0.717) is 34.5 Å². The zero-order valence-electron chi connectivity index (χ0n) is 15.0. The van der Waals surface area contributed by atoms with Gasteiger partial charge in [-0.25, -0.2) is 0 Å². The number of carbonyl (C=O) groups is 1. The Kier molecular flexibility index (Phi) is 5.93. The number of nitrogens with one attached hydrogen (secondary N) is 2. The van der Waals surface area contributed by atoms with Gasteiger partial charge in [0, 0.05) is 25.0 Å². The minimum atomic E-state index is -0.267. The predicted octanol–water partition coefficient (Wildman–Crippen LogP) is 3.28. The van der Waals surface area contributed by atoms with Gasteiger partial charge in [-0.2, -0.15) is 5.10 Å². The Morgan fingerprint density at radius 3 is 2.89 bits per heavy atom. The molecule has 7 nitrogen and oxygen atoms in total. The number of nitrogens with zero attached hydrogens (tertiary/aromatic N) is 2. The van der Waals surface area contributed by atoms with Gasteiger partial charge < -0.3 is 14.8 Å². The van der Waals surface area contributed by atoms with Gasteiger partial charge in [0.1, 0.15) is 23.8 Å². The third-order valence-corrected chi connectivity index (χ3v) is 4.26. The summed E-state index contributed by atoms with van der Waals surface area (Å²) in [6.07, 6.45) is 3.46. The number of aromatic amines is 1. The molecule has 0 spiro atoms. The number of hydrogen-bond acceptors (Lipinski definition) is 5. The van der Waals surface area contributed by atoms with Crippen LogP contribution in [-0.4, -0.2) is 28.2 Å². The lowest BCUT2D eigenvalue weighted by molar-refractivity contribution is 0.0946. The Morgan fingerprint density at radius 2 is 2.15 bits per heavy atom. The zero-order chi connectivity index (χ0) is 19.2. The van der Waals surface area contributed by atoms with E-state index in [1.807, 2.05) is 13.0 Å². The van der Waals surface area contributed by atoms with E-state index < -0.39 is 0 Å². The van der Waals surface area contributed by atoms with Crippen molar-refractivity contribution in [3.05, 3.63) is 70.3 Å². The van der Waals surface area contributed by atoms with Crippen molar-refractivity contribution in [1.29, 1.82) is 0 Å². The monoisotopic (exact) mass is 386 g/mol. The molecule has 0 aliphatic heterocycles. The second kappa shape index (κ2) is 8.55. The maximum absolute atomic E-state index is 12.3. The highest BCUT2D eigenvalue weighted by Gasteiger charge is 2.12. The molecule has 0 atom stereocenters. The van der Waals surface area contributed by atoms with Crippen LogP contribution in [0.1, 0.15) is 27.3 Å². The summed E-state index contributed by atoms with van der Waals surface area (Å²) >= 11 is 6.14. The number of rotatable bonds is 7. The summed E-state index contributed by atoms with van der Waals surface area (Å²) in [7, 11) is 1.57. The maximum atomic E-state index is 12.3. The van der Waals surface area contributed by atoms with Gasteiger partial charge in [-0.1, -0.05) is 11.6 Å². The fourth-order valence-corrected chi connectivity index (χ4v) is 2.62. The molecule has 0 saturated heterocycles. The molecule has 1 aromatic carbocycles. The lowest BCUT2D eigenvalue weighted by Crippen LogP contribution is -2.23. The number of hydrogen-bond donors (Lipinski definition) is 2. The minimum Gasteiger partial charge on any atom is -0.497 e. The molecule has 140 valence electrons. The van der Waals surface area contributed by atoms with E-state index in [2.05, 4.69) is 20.5 Å². The van der Waals surface area contributed by atoms with E-state index in [1.165, 1.54) is 0 Å². The number of pyridine rings is 1. The summed E-state index contributed by atoms with van der Waals surface area (Å²) in [6, 6.07) is 8.67. The topological polar surface area (TPSA) is 89.1 Å². The second-order valence-corrected chi connectivity index (χ2v) is 6.26. The molecule has 27 heavy (non-hydrogen) atoms. The summed E-state index contributed by atoms with van der Waals surface area (Å²) in [6.45, 7) is 2.56. The van der Waals surface area contributed by atoms with Gasteiger partial charge in [0.25, 0.3) is 5.91 Å². The largest absolute Gasteiger partial charge is 0.497 e. The molecular formula is C19H19ClN4O3. The Morgan fingerprint density at radius 1 is 1.30 bits per heavy atom. The summed E-state index contributed by atoms with van der Waals surface area (Å²) in [5.74, 6) is 0.903. The molecule has 0 saturated carbocycles. The van der Waals surface area contributed by atoms with Crippen molar-refractivity contribution in [1.82, 2.24) is 20.5 Å². The third kappa shape index (κ3) is 4.77. The highest BCUT2D eigenvalue weighted by molar-refractivity contribution is 6.32. The van der Waals surface area contributed by atoms with Crippen molar-refractivity contribution in [3.63, 3.8) is 0 Å². The zero-order valence-corrected chi connectivity index (χ0v) is 15.7. The molecule has 3 rings (SSSR count). The SMILES string of the molecule is COc1ccc(OCc2cc(C(=O)NCc3ccncc3C)n[nH]2)c(Cl)c1. The Hall–Kier alpha value is -3.06. The first-order chi connectivity index (χ1) is 13.1. The molecule has 2 N–H and O–H groups in total. The van der Waals surface area contributed by atoms with Gasteiger partial charge in [0.05, 0.1) is 17.8 Å². The number of aromatic nitrogens is 3. The number of ether oxygens (including phenoxy) is 2. The van der Waals surface area contributed by atoms with Crippen molar-refractivity contribution in [2.75, 3.05) is 7.11 Å². The molecule has 3 aromatic rings. The van der Waals surface area contributed by atoms with Crippen LogP contribution in [0.25, 0.3) is 0 Å². The van der Waals surface area contributed by atoms with Gasteiger partial charge in [-0.15, -0.1) is 0 Å². The van der Waals surface area contributed by atoms with Gasteiger partial charge in [0.15, 0.2) is 0 Å². The Bertz CT molecular complexity index is 942. The van der Waals surface area contributed by atoms with Crippen molar-refractivity contribution < 1.29 is 14.3 Å². The normalized spacial score (nSPS) is 10.5. The van der Waals surface area contributed by atoms with Crippen LogP contribution in [0.4, 0.5) is 0 Å². The van der Waals surface area contributed by atoms with E-state index in [9.17, 15) is 4.79 Å². The van der Waals surface area contributed by atoms with Crippen LogP contribution in [-0.2, 0) is 13.2 Å². The van der Waals surface area contributed by atoms with Gasteiger partial charge in [-0.3, -0.25) is 14.9 Å². The van der Waals surface area contributed by atoms with E-state index in [-0.39, 0.29) is 12.5 Å². The summed E-state index contributed by atoms with van der Waals surface area (Å²) < 4.78 is 10.8. The number of carbonyl (C=O) groups excluding carboxylic acids is 1. The van der Waals surface area contributed by atoms with Crippen molar-refractivity contribution in [2.24, 2.45) is 0 Å². The highest BCUT2D eigenvalue weighted by atomic mass is 35.5. The average Bonchev–Trinajstić information content (AvgIpc) is 3.15. The number of halogens is 1. The minimum absolute atomic E-state index is 0.204. The van der Waals surface area contributed by atoms with Crippen LogP contribution in [0.5, 0.6) is 11.5 Å². The van der Waals surface area contributed by atoms with Crippen LogP contribution >= 0.6 is 11.6 Å². The second-order valence-electron chi connectivity index (χ2n) is 5.85. The first-order valence-corrected chi connectivity index (χ1v) is 8.63. The fraction of sp³-hybridized carbons (Fsp3) is 0.211. The molecule has 1 amide bonds. The van der Waals surface area contributed by atoms with Crippen molar-refractivity contribution in [2.45, 2.75) is 20.1 Å². The molecule has 0 radical (unpaired) electrons. The van der Waals surface area contributed by atoms with Crippen LogP contribution < -0.4 is 14.8 Å². The standard InChI is InChI=1S/C19H19ClN4O3/c1-12-9-21-6-5-13(12)10-22-19(25)17-7-14(23-24-17)11-27-18-4-3-15(26-2)8-16(18)20/h3-9H,10-11H2,1-2H3,(H,22,25)(H,23,24). The van der Waals surface area contributed by atoms with E-state index in [1.54, 1.807) is 43.8 Å². The average molecular weight is 387 g/mol. The molecule has 0 fully saturated rings. The number of methoxy groups -OCH3 is 1. The Labute approximate surface area is 161 Å². The molecule has 2 heterocycles. The van der Waals surface area contributed by atoms with Crippen LogP contribution in [0.3, 0.4) is 0 Å². The molecule has 0 bridgehead atoms. The molecule has 0 aliphatic carbocycles. The van der Waals surface area contributed by atoms with Gasteiger partial charge in [0.2, 0.25) is 0 Å². The summed E-state index contributed by atoms with van der Waals surface area (Å²) in [5, 5.41) is 10.1. The van der Waals surface area contributed by atoms with E-state index in [0.717, 1.165) is 11.1 Å². The number of benzene rings is 1. The van der Waals surface area contributed by atoms with Crippen LogP contribution in [0, 0.1) is 6.92 Å². The van der Waals surface area contributed by atoms with Crippen LogP contribution in [0.2, 0.25) is 5.02 Å². The quantitative estimate of drug-likeness (QED) is 0.650. The van der Waals surface area contributed by atoms with Gasteiger partial charge in [-0.05, 0) is 42.3 Å². The molecule has 2 aromatic heterocycles. The highest BCUT2D eigenvalue weighted by Crippen LogP contribution is 2.29.